The van der Waals surface area contributed by atoms with Crippen LogP contribution in [0.5, 0.6) is 5.75 Å². The highest BCUT2D eigenvalue weighted by molar-refractivity contribution is 9.10. The Bertz CT molecular complexity index is 649. The van der Waals surface area contributed by atoms with Crippen LogP contribution in [0.3, 0.4) is 0 Å². The molecule has 0 atom stereocenters. The number of halogens is 3. The zero-order chi connectivity index (χ0) is 16.4. The maximum atomic E-state index is 11.9. The Kier molecular flexibility index (Phi) is 6.34. The average molecular weight is 419 g/mol. The Morgan fingerprint density at radius 2 is 2.00 bits per heavy atom. The molecule has 0 heterocycles. The first-order chi connectivity index (χ1) is 9.54. The molecule has 1 rings (SSSR count). The van der Waals surface area contributed by atoms with E-state index in [4.69, 9.17) is 27.0 Å². The molecule has 0 saturated heterocycles. The predicted octanol–water partition coefficient (Wildman–Crippen LogP) is 3.28. The van der Waals surface area contributed by atoms with Crippen LogP contribution in [0.15, 0.2) is 21.5 Å². The SMILES string of the molecule is CC(C)N(C)C(=O)COc1c(Cl)cc(Br)cc1S(=O)(=O)Cl. The predicted molar refractivity (Wildman–Crippen MR) is 85.6 cm³/mol. The van der Waals surface area contributed by atoms with Gasteiger partial charge in [-0.1, -0.05) is 27.5 Å². The van der Waals surface area contributed by atoms with E-state index in [0.29, 0.717) is 4.47 Å². The molecule has 0 bridgehead atoms. The topological polar surface area (TPSA) is 63.7 Å². The van der Waals surface area contributed by atoms with Crippen LogP contribution in [0.4, 0.5) is 0 Å². The van der Waals surface area contributed by atoms with Gasteiger partial charge in [0.25, 0.3) is 15.0 Å². The normalized spacial score (nSPS) is 11.6. The summed E-state index contributed by atoms with van der Waals surface area (Å²) in [5.74, 6) is -0.442. The molecule has 1 aromatic rings. The van der Waals surface area contributed by atoms with Gasteiger partial charge >= 0.3 is 0 Å². The summed E-state index contributed by atoms with van der Waals surface area (Å²) in [6.45, 7) is 3.35. The van der Waals surface area contributed by atoms with Crippen molar-refractivity contribution in [1.29, 1.82) is 0 Å². The largest absolute Gasteiger partial charge is 0.481 e. The molecular formula is C12H14BrCl2NO4S. The minimum Gasteiger partial charge on any atom is -0.481 e. The van der Waals surface area contributed by atoms with E-state index in [1.54, 1.807) is 7.05 Å². The van der Waals surface area contributed by atoms with E-state index in [9.17, 15) is 13.2 Å². The minimum absolute atomic E-state index is 0.00211. The van der Waals surface area contributed by atoms with Crippen LogP contribution in [-0.4, -0.2) is 38.9 Å². The number of hydrogen-bond donors (Lipinski definition) is 0. The van der Waals surface area contributed by atoms with Crippen molar-refractivity contribution >= 4 is 53.2 Å². The molecule has 0 unspecified atom stereocenters. The molecule has 118 valence electrons. The Labute approximate surface area is 141 Å². The van der Waals surface area contributed by atoms with Gasteiger partial charge in [-0.25, -0.2) is 8.42 Å². The van der Waals surface area contributed by atoms with E-state index in [2.05, 4.69) is 15.9 Å². The van der Waals surface area contributed by atoms with Gasteiger partial charge in [0.1, 0.15) is 4.90 Å². The highest BCUT2D eigenvalue weighted by Gasteiger charge is 2.22. The molecule has 0 aliphatic rings. The van der Waals surface area contributed by atoms with Gasteiger partial charge in [0.15, 0.2) is 12.4 Å². The van der Waals surface area contributed by atoms with E-state index < -0.39 is 9.05 Å². The first kappa shape index (κ1) is 18.5. The van der Waals surface area contributed by atoms with Crippen molar-refractivity contribution in [2.75, 3.05) is 13.7 Å². The van der Waals surface area contributed by atoms with Gasteiger partial charge in [-0.2, -0.15) is 0 Å². The number of carbonyl (C=O) groups excluding carboxylic acids is 1. The number of ether oxygens (including phenoxy) is 1. The van der Waals surface area contributed by atoms with Gasteiger partial charge in [0.2, 0.25) is 0 Å². The second kappa shape index (κ2) is 7.17. The molecule has 0 saturated carbocycles. The van der Waals surface area contributed by atoms with Crippen LogP contribution in [0.25, 0.3) is 0 Å². The molecule has 0 fully saturated rings. The summed E-state index contributed by atoms with van der Waals surface area (Å²) in [5, 5.41) is 0.0450. The van der Waals surface area contributed by atoms with Crippen LogP contribution in [-0.2, 0) is 13.8 Å². The summed E-state index contributed by atoms with van der Waals surface area (Å²) in [6, 6.07) is 2.72. The molecule has 5 nitrogen and oxygen atoms in total. The van der Waals surface area contributed by atoms with Crippen molar-refractivity contribution < 1.29 is 17.9 Å². The lowest BCUT2D eigenvalue weighted by atomic mass is 10.3. The van der Waals surface area contributed by atoms with Crippen molar-refractivity contribution in [2.45, 2.75) is 24.8 Å². The fourth-order valence-electron chi connectivity index (χ4n) is 1.38. The maximum Gasteiger partial charge on any atom is 0.265 e. The van der Waals surface area contributed by atoms with Crippen molar-refractivity contribution in [2.24, 2.45) is 0 Å². The fraction of sp³-hybridized carbons (Fsp3) is 0.417. The average Bonchev–Trinajstić information content (AvgIpc) is 2.34. The van der Waals surface area contributed by atoms with E-state index in [1.807, 2.05) is 13.8 Å². The summed E-state index contributed by atoms with van der Waals surface area (Å²) in [6.07, 6.45) is 0. The smallest absolute Gasteiger partial charge is 0.265 e. The summed E-state index contributed by atoms with van der Waals surface area (Å²) in [5.41, 5.74) is 0. The molecule has 0 aliphatic carbocycles. The second-order valence-corrected chi connectivity index (χ2v) is 8.40. The summed E-state index contributed by atoms with van der Waals surface area (Å²) in [7, 11) is 2.92. The van der Waals surface area contributed by atoms with E-state index >= 15 is 0 Å². The molecule has 0 N–H and O–H groups in total. The first-order valence-corrected chi connectivity index (χ1v) is 9.34. The molecule has 0 radical (unpaired) electrons. The molecule has 1 amide bonds. The van der Waals surface area contributed by atoms with Crippen LogP contribution in [0.1, 0.15) is 13.8 Å². The highest BCUT2D eigenvalue weighted by atomic mass is 79.9. The third kappa shape index (κ3) is 5.02. The van der Waals surface area contributed by atoms with Gasteiger partial charge in [-0.3, -0.25) is 4.79 Å². The van der Waals surface area contributed by atoms with E-state index in [-0.39, 0.29) is 34.2 Å². The molecule has 1 aromatic carbocycles. The van der Waals surface area contributed by atoms with Crippen LogP contribution < -0.4 is 4.74 Å². The molecule has 9 heteroatoms. The van der Waals surface area contributed by atoms with E-state index in [1.165, 1.54) is 17.0 Å². The van der Waals surface area contributed by atoms with Gasteiger partial charge in [-0.05, 0) is 26.0 Å². The molecule has 0 aromatic heterocycles. The number of likely N-dealkylation sites (N-methyl/N-ethyl adjacent to an activating group) is 1. The highest BCUT2D eigenvalue weighted by Crippen LogP contribution is 2.37. The zero-order valence-corrected chi connectivity index (χ0v) is 15.5. The van der Waals surface area contributed by atoms with E-state index in [0.717, 1.165) is 0 Å². The molecular weight excluding hydrogens is 405 g/mol. The number of rotatable bonds is 5. The third-order valence-electron chi connectivity index (χ3n) is 2.74. The lowest BCUT2D eigenvalue weighted by Crippen LogP contribution is -2.36. The van der Waals surface area contributed by atoms with Crippen molar-refractivity contribution in [3.63, 3.8) is 0 Å². The number of amides is 1. The lowest BCUT2D eigenvalue weighted by Gasteiger charge is -2.22. The monoisotopic (exact) mass is 417 g/mol. The van der Waals surface area contributed by atoms with Crippen LogP contribution >= 0.6 is 38.2 Å². The lowest BCUT2D eigenvalue weighted by molar-refractivity contribution is -0.133. The summed E-state index contributed by atoms with van der Waals surface area (Å²) >= 11 is 9.09. The number of carbonyl (C=O) groups is 1. The van der Waals surface area contributed by atoms with Gasteiger partial charge in [0, 0.05) is 28.2 Å². The van der Waals surface area contributed by atoms with Crippen molar-refractivity contribution in [3.05, 3.63) is 21.6 Å². The Morgan fingerprint density at radius 1 is 1.43 bits per heavy atom. The number of nitrogens with zero attached hydrogens (tertiary/aromatic N) is 1. The molecule has 0 aliphatic heterocycles. The Hall–Kier alpha value is -0.500. The van der Waals surface area contributed by atoms with Gasteiger partial charge < -0.3 is 9.64 Å². The Balaban J connectivity index is 3.07. The summed E-state index contributed by atoms with van der Waals surface area (Å²) in [4.78, 5) is 13.0. The summed E-state index contributed by atoms with van der Waals surface area (Å²) < 4.78 is 28.8. The minimum atomic E-state index is -4.06. The fourth-order valence-corrected chi connectivity index (χ4v) is 3.45. The third-order valence-corrected chi connectivity index (χ3v) is 4.81. The zero-order valence-electron chi connectivity index (χ0n) is 11.6. The molecule has 21 heavy (non-hydrogen) atoms. The maximum absolute atomic E-state index is 11.9. The van der Waals surface area contributed by atoms with Crippen LogP contribution in [0, 0.1) is 0 Å². The molecule has 0 spiro atoms. The standard InChI is InChI=1S/C12H14BrCl2NO4S/c1-7(2)16(3)11(17)6-20-12-9(14)4-8(13)5-10(12)21(15,18)19/h4-5,7H,6H2,1-3H3. The number of benzene rings is 1. The van der Waals surface area contributed by atoms with Gasteiger partial charge in [0.05, 0.1) is 5.02 Å². The van der Waals surface area contributed by atoms with Gasteiger partial charge in [-0.15, -0.1) is 0 Å². The first-order valence-electron chi connectivity index (χ1n) is 5.86. The second-order valence-electron chi connectivity index (χ2n) is 4.54. The van der Waals surface area contributed by atoms with Crippen molar-refractivity contribution in [3.8, 4) is 5.75 Å². The van der Waals surface area contributed by atoms with Crippen molar-refractivity contribution in [1.82, 2.24) is 4.90 Å². The number of hydrogen-bond acceptors (Lipinski definition) is 4. The quantitative estimate of drug-likeness (QED) is 0.688. The Morgan fingerprint density at radius 3 is 2.48 bits per heavy atom. The van der Waals surface area contributed by atoms with Crippen LogP contribution in [0.2, 0.25) is 5.02 Å².